The third-order valence-electron chi connectivity index (χ3n) is 5.93. The van der Waals surface area contributed by atoms with Crippen LogP contribution in [0.4, 0.5) is 0 Å². The summed E-state index contributed by atoms with van der Waals surface area (Å²) in [6.07, 6.45) is 5.39. The molecule has 0 spiro atoms. The van der Waals surface area contributed by atoms with Gasteiger partial charge in [-0.2, -0.15) is 0 Å². The molecule has 3 saturated heterocycles. The highest BCUT2D eigenvalue weighted by atomic mass is 127. The summed E-state index contributed by atoms with van der Waals surface area (Å²) in [6.45, 7) is 16.3. The van der Waals surface area contributed by atoms with E-state index in [0.29, 0.717) is 12.0 Å². The van der Waals surface area contributed by atoms with Crippen LogP contribution < -0.4 is 5.32 Å². The summed E-state index contributed by atoms with van der Waals surface area (Å²) in [4.78, 5) is 12.7. The van der Waals surface area contributed by atoms with Crippen LogP contribution in [0.1, 0.15) is 39.5 Å². The molecule has 0 amide bonds. The van der Waals surface area contributed by atoms with Gasteiger partial charge in [0.25, 0.3) is 0 Å². The number of aliphatic imine (C=N–C) groups is 1. The third kappa shape index (κ3) is 7.33. The Balaban J connectivity index is 0.00000261. The van der Waals surface area contributed by atoms with Crippen molar-refractivity contribution >= 4 is 29.9 Å². The number of hydrogen-bond acceptors (Lipinski definition) is 4. The largest absolute Gasteiger partial charge is 0.379 e. The molecule has 3 aliphatic heterocycles. The summed E-state index contributed by atoms with van der Waals surface area (Å²) in [5.74, 6) is 1.74. The average Bonchev–Trinajstić information content (AvgIpc) is 3.17. The second-order valence-corrected chi connectivity index (χ2v) is 8.20. The van der Waals surface area contributed by atoms with Gasteiger partial charge in [-0.15, -0.1) is 24.0 Å². The molecule has 6 nitrogen and oxygen atoms in total. The molecule has 0 aromatic heterocycles. The van der Waals surface area contributed by atoms with E-state index in [2.05, 4.69) is 33.9 Å². The summed E-state index contributed by atoms with van der Waals surface area (Å²) >= 11 is 0. The van der Waals surface area contributed by atoms with Gasteiger partial charge in [0, 0.05) is 51.9 Å². The molecule has 0 radical (unpaired) electrons. The van der Waals surface area contributed by atoms with Crippen LogP contribution in [0, 0.1) is 5.92 Å². The van der Waals surface area contributed by atoms with E-state index < -0.39 is 0 Å². The molecule has 0 saturated carbocycles. The first-order valence-electron chi connectivity index (χ1n) is 10.8. The van der Waals surface area contributed by atoms with Crippen LogP contribution in [0.2, 0.25) is 0 Å². The van der Waals surface area contributed by atoms with Crippen LogP contribution in [-0.2, 0) is 4.74 Å². The molecule has 0 aliphatic carbocycles. The van der Waals surface area contributed by atoms with Gasteiger partial charge in [0.1, 0.15) is 0 Å². The van der Waals surface area contributed by atoms with E-state index in [1.54, 1.807) is 0 Å². The van der Waals surface area contributed by atoms with Crippen molar-refractivity contribution in [2.75, 3.05) is 72.1 Å². The predicted molar refractivity (Wildman–Crippen MR) is 123 cm³/mol. The van der Waals surface area contributed by atoms with Crippen molar-refractivity contribution < 1.29 is 4.74 Å². The van der Waals surface area contributed by atoms with Crippen LogP contribution in [0.25, 0.3) is 0 Å². The Morgan fingerprint density at radius 1 is 1.11 bits per heavy atom. The van der Waals surface area contributed by atoms with Crippen molar-refractivity contribution in [3.63, 3.8) is 0 Å². The van der Waals surface area contributed by atoms with Gasteiger partial charge in [0.15, 0.2) is 5.96 Å². The van der Waals surface area contributed by atoms with Crippen molar-refractivity contribution in [2.24, 2.45) is 10.9 Å². The summed E-state index contributed by atoms with van der Waals surface area (Å²) in [6, 6.07) is 0.661. The Bertz CT molecular complexity index is 438. The molecule has 2 unspecified atom stereocenters. The van der Waals surface area contributed by atoms with Crippen LogP contribution in [-0.4, -0.2) is 98.8 Å². The van der Waals surface area contributed by atoms with E-state index in [-0.39, 0.29) is 24.0 Å². The molecule has 2 atom stereocenters. The smallest absolute Gasteiger partial charge is 0.193 e. The van der Waals surface area contributed by atoms with Gasteiger partial charge in [-0.05, 0) is 45.2 Å². The average molecular weight is 493 g/mol. The minimum atomic E-state index is 0. The van der Waals surface area contributed by atoms with E-state index in [0.717, 1.165) is 58.4 Å². The lowest BCUT2D eigenvalue weighted by molar-refractivity contribution is 0.0195. The van der Waals surface area contributed by atoms with Crippen LogP contribution in [0.15, 0.2) is 4.99 Å². The summed E-state index contributed by atoms with van der Waals surface area (Å²) in [5.41, 5.74) is 0. The molecule has 3 fully saturated rings. The number of halogens is 1. The number of hydrogen-bond donors (Lipinski definition) is 1. The van der Waals surface area contributed by atoms with E-state index in [4.69, 9.17) is 9.73 Å². The fourth-order valence-electron chi connectivity index (χ4n) is 4.48. The Kier molecular flexibility index (Phi) is 10.7. The lowest BCUT2D eigenvalue weighted by atomic mass is 10.1. The second kappa shape index (κ2) is 12.4. The van der Waals surface area contributed by atoms with Gasteiger partial charge < -0.3 is 19.9 Å². The fourth-order valence-corrected chi connectivity index (χ4v) is 4.48. The monoisotopic (exact) mass is 493 g/mol. The van der Waals surface area contributed by atoms with Crippen LogP contribution >= 0.6 is 24.0 Å². The first kappa shape index (κ1) is 23.2. The quantitative estimate of drug-likeness (QED) is 0.349. The zero-order valence-corrected chi connectivity index (χ0v) is 19.7. The van der Waals surface area contributed by atoms with Crippen LogP contribution in [0.3, 0.4) is 0 Å². The van der Waals surface area contributed by atoms with Crippen molar-refractivity contribution in [1.29, 1.82) is 0 Å². The molecule has 158 valence electrons. The SMILES string of the molecule is CCNC(=NCC(C)CN1CCCCC1)N1CCC(N2CCOCC2)C1.I. The van der Waals surface area contributed by atoms with Crippen molar-refractivity contribution in [3.8, 4) is 0 Å². The highest BCUT2D eigenvalue weighted by molar-refractivity contribution is 14.0. The number of piperidine rings is 1. The Hall–Kier alpha value is -0.120. The highest BCUT2D eigenvalue weighted by Gasteiger charge is 2.30. The molecular weight excluding hydrogens is 453 g/mol. The van der Waals surface area contributed by atoms with Gasteiger partial charge in [0.2, 0.25) is 0 Å². The number of ether oxygens (including phenoxy) is 1. The number of rotatable bonds is 6. The molecule has 3 aliphatic rings. The maximum Gasteiger partial charge on any atom is 0.193 e. The molecule has 3 heterocycles. The van der Waals surface area contributed by atoms with Gasteiger partial charge in [-0.25, -0.2) is 0 Å². The van der Waals surface area contributed by atoms with E-state index in [1.165, 1.54) is 45.3 Å². The highest BCUT2D eigenvalue weighted by Crippen LogP contribution is 2.17. The zero-order chi connectivity index (χ0) is 18.2. The summed E-state index contributed by atoms with van der Waals surface area (Å²) < 4.78 is 5.50. The Labute approximate surface area is 183 Å². The van der Waals surface area contributed by atoms with Gasteiger partial charge in [0.05, 0.1) is 13.2 Å². The van der Waals surface area contributed by atoms with Gasteiger partial charge in [-0.3, -0.25) is 9.89 Å². The minimum Gasteiger partial charge on any atom is -0.379 e. The van der Waals surface area contributed by atoms with Crippen LogP contribution in [0.5, 0.6) is 0 Å². The number of nitrogens with zero attached hydrogens (tertiary/aromatic N) is 4. The Morgan fingerprint density at radius 2 is 1.85 bits per heavy atom. The molecule has 0 aromatic rings. The van der Waals surface area contributed by atoms with Crippen molar-refractivity contribution in [1.82, 2.24) is 20.0 Å². The third-order valence-corrected chi connectivity index (χ3v) is 5.93. The summed E-state index contributed by atoms with van der Waals surface area (Å²) in [5, 5.41) is 3.53. The normalized spacial score (nSPS) is 26.7. The van der Waals surface area contributed by atoms with Gasteiger partial charge >= 0.3 is 0 Å². The molecule has 27 heavy (non-hydrogen) atoms. The molecule has 3 rings (SSSR count). The number of nitrogens with one attached hydrogen (secondary N) is 1. The maximum absolute atomic E-state index is 5.50. The Morgan fingerprint density at radius 3 is 2.56 bits per heavy atom. The second-order valence-electron chi connectivity index (χ2n) is 8.20. The molecule has 7 heteroatoms. The molecule has 0 aromatic carbocycles. The minimum absolute atomic E-state index is 0. The molecule has 0 bridgehead atoms. The number of morpholine rings is 1. The van der Waals surface area contributed by atoms with Crippen molar-refractivity contribution in [3.05, 3.63) is 0 Å². The van der Waals surface area contributed by atoms with Crippen molar-refractivity contribution in [2.45, 2.75) is 45.6 Å². The zero-order valence-electron chi connectivity index (χ0n) is 17.4. The first-order valence-corrected chi connectivity index (χ1v) is 10.8. The molecule has 1 N–H and O–H groups in total. The molecular formula is C20H40IN5O. The van der Waals surface area contributed by atoms with E-state index >= 15 is 0 Å². The lowest BCUT2D eigenvalue weighted by Crippen LogP contribution is -2.46. The standard InChI is InChI=1S/C20H39N5O.HI/c1-3-21-20(22-15-18(2)16-23-8-5-4-6-9-23)25-10-7-19(17-25)24-11-13-26-14-12-24;/h18-19H,3-17H2,1-2H3,(H,21,22);1H. The number of guanidine groups is 1. The van der Waals surface area contributed by atoms with E-state index in [1.807, 2.05) is 0 Å². The number of likely N-dealkylation sites (tertiary alicyclic amines) is 2. The fraction of sp³-hybridized carbons (Fsp3) is 0.950. The topological polar surface area (TPSA) is 43.3 Å². The van der Waals surface area contributed by atoms with Gasteiger partial charge in [-0.1, -0.05) is 13.3 Å². The lowest BCUT2D eigenvalue weighted by Gasteiger charge is -2.32. The maximum atomic E-state index is 5.50. The summed E-state index contributed by atoms with van der Waals surface area (Å²) in [7, 11) is 0. The van der Waals surface area contributed by atoms with E-state index in [9.17, 15) is 0 Å². The predicted octanol–water partition coefficient (Wildman–Crippen LogP) is 2.10. The first-order chi connectivity index (χ1) is 12.8.